The van der Waals surface area contributed by atoms with Crippen LogP contribution in [0.1, 0.15) is 0 Å². The molecule has 0 amide bonds. The summed E-state index contributed by atoms with van der Waals surface area (Å²) in [5, 5.41) is 8.45. The van der Waals surface area contributed by atoms with Crippen molar-refractivity contribution in [2.45, 2.75) is 0 Å². The van der Waals surface area contributed by atoms with Gasteiger partial charge in [0.15, 0.2) is 0 Å². The Bertz CT molecular complexity index is 1860. The molecule has 0 atom stereocenters. The van der Waals surface area contributed by atoms with Crippen LogP contribution in [0, 0.1) is 23.3 Å². The second-order valence-electron chi connectivity index (χ2n) is 9.74. The fraction of sp³-hybridized carbons (Fsp3) is 0. The van der Waals surface area contributed by atoms with Crippen LogP contribution in [0.3, 0.4) is 0 Å². The van der Waals surface area contributed by atoms with Gasteiger partial charge in [0.25, 0.3) is 0 Å². The molecule has 4 nitrogen and oxygen atoms in total. The summed E-state index contributed by atoms with van der Waals surface area (Å²) in [6.07, 6.45) is 0. The first-order valence-corrected chi connectivity index (χ1v) is 14.5. The first kappa shape index (κ1) is 33.8. The van der Waals surface area contributed by atoms with Crippen LogP contribution in [-0.4, -0.2) is 12.7 Å². The Morgan fingerprint density at radius 3 is 1.22 bits per heavy atom. The topological polar surface area (TPSA) is 81.5 Å². The van der Waals surface area contributed by atoms with Crippen molar-refractivity contribution < 1.29 is 27.2 Å². The van der Waals surface area contributed by atoms with E-state index in [1.54, 1.807) is 54.6 Å². The zero-order valence-corrected chi connectivity index (χ0v) is 25.8. The minimum absolute atomic E-state index is 0.134. The van der Waals surface area contributed by atoms with Crippen LogP contribution in [0.15, 0.2) is 138 Å². The highest BCUT2D eigenvalue weighted by molar-refractivity contribution is 9.10. The van der Waals surface area contributed by atoms with Crippen molar-refractivity contribution in [1.29, 1.82) is 0 Å². The summed E-state index contributed by atoms with van der Waals surface area (Å²) in [7, 11) is 0.632. The third-order valence-corrected chi connectivity index (χ3v) is 7.06. The normalized spacial score (nSPS) is 10.1. The number of benzene rings is 6. The maximum atomic E-state index is 13.2. The Kier molecular flexibility index (Phi) is 12.0. The number of anilines is 2. The smallest absolute Gasteiger partial charge is 0.537 e. The summed E-state index contributed by atoms with van der Waals surface area (Å²) >= 11 is 3.15. The second-order valence-corrected chi connectivity index (χ2v) is 10.7. The predicted octanol–water partition coefficient (Wildman–Crippen LogP) is 9.45. The summed E-state index contributed by atoms with van der Waals surface area (Å²) in [6, 6.07) is 36.6. The highest BCUT2D eigenvalue weighted by atomic mass is 79.9. The molecule has 0 saturated heterocycles. The predicted molar refractivity (Wildman–Crippen MR) is 181 cm³/mol. The van der Waals surface area contributed by atoms with E-state index in [1.165, 1.54) is 42.5 Å². The highest BCUT2D eigenvalue weighted by Crippen LogP contribution is 2.27. The molecule has 5 N–H and O–H groups in total. The molecule has 1 radical (unpaired) electrons. The summed E-state index contributed by atoms with van der Waals surface area (Å²) in [6.45, 7) is 0. The third-order valence-electron chi connectivity index (χ3n) is 6.57. The molecular formula is C36H27BBrF4N2O2. The van der Waals surface area contributed by atoms with Gasteiger partial charge in [-0.15, -0.1) is 0 Å². The van der Waals surface area contributed by atoms with Gasteiger partial charge in [0.1, 0.15) is 29.0 Å². The van der Waals surface area contributed by atoms with E-state index in [-0.39, 0.29) is 28.8 Å². The minimum atomic E-state index is -0.415. The molecule has 46 heavy (non-hydrogen) atoms. The van der Waals surface area contributed by atoms with Gasteiger partial charge in [-0.3, -0.25) is 0 Å². The number of halogens is 5. The lowest BCUT2D eigenvalue weighted by Gasteiger charge is -2.06. The van der Waals surface area contributed by atoms with Crippen LogP contribution in [0.25, 0.3) is 33.4 Å². The number of nitrogen functional groups attached to an aromatic ring is 2. The average Bonchev–Trinajstić information content (AvgIpc) is 3.06. The molecule has 0 fully saturated rings. The SMILES string of the molecule is Nc1cc(-c2ccc(-c3ccc(F)cc3)cc2)ccc1F.Nc1cc(Br)ccc1F.O[B]Oc1ccc(-c2ccc(F)cc2)cc1. The fourth-order valence-corrected chi connectivity index (χ4v) is 4.54. The van der Waals surface area contributed by atoms with Gasteiger partial charge in [-0.2, -0.15) is 0 Å². The lowest BCUT2D eigenvalue weighted by molar-refractivity contribution is 0.454. The van der Waals surface area contributed by atoms with Gasteiger partial charge in [-0.1, -0.05) is 82.7 Å². The number of hydrogen-bond acceptors (Lipinski definition) is 4. The molecule has 0 aromatic heterocycles. The largest absolute Gasteiger partial charge is 0.569 e. The summed E-state index contributed by atoms with van der Waals surface area (Å²) < 4.78 is 56.7. The third kappa shape index (κ3) is 9.72. The standard InChI is InChI=1S/C18H13F2N.C12H9BFO2.C6H5BrFN/c19-16-8-5-13(6-9-16)12-1-3-14(4-2-12)15-7-10-17(20)18(21)11-15;14-11-5-1-9(2-6-11)10-3-7-12(8-4-10)16-13-15;7-4-1-2-5(8)6(9)3-4/h1-11H,21H2;1-8,15H;1-3H,9H2. The average molecular weight is 686 g/mol. The lowest BCUT2D eigenvalue weighted by atomic mass is 10.00. The zero-order chi connectivity index (χ0) is 33.1. The highest BCUT2D eigenvalue weighted by Gasteiger charge is 2.04. The molecule has 0 aliphatic heterocycles. The van der Waals surface area contributed by atoms with Crippen LogP contribution < -0.4 is 16.1 Å². The zero-order valence-electron chi connectivity index (χ0n) is 24.2. The molecule has 231 valence electrons. The van der Waals surface area contributed by atoms with E-state index in [9.17, 15) is 17.6 Å². The van der Waals surface area contributed by atoms with Crippen LogP contribution >= 0.6 is 15.9 Å². The molecular weight excluding hydrogens is 659 g/mol. The van der Waals surface area contributed by atoms with Gasteiger partial charge in [0, 0.05) is 4.47 Å². The van der Waals surface area contributed by atoms with Gasteiger partial charge < -0.3 is 21.1 Å². The van der Waals surface area contributed by atoms with E-state index < -0.39 is 5.82 Å². The Morgan fingerprint density at radius 2 is 0.826 bits per heavy atom. The van der Waals surface area contributed by atoms with Crippen LogP contribution in [0.2, 0.25) is 0 Å². The molecule has 0 unspecified atom stereocenters. The summed E-state index contributed by atoms with van der Waals surface area (Å²) in [5.41, 5.74) is 16.8. The van der Waals surface area contributed by atoms with Crippen molar-refractivity contribution in [3.05, 3.63) is 161 Å². The van der Waals surface area contributed by atoms with Crippen molar-refractivity contribution >= 4 is 35.0 Å². The molecule has 0 spiro atoms. The monoisotopic (exact) mass is 685 g/mol. The van der Waals surface area contributed by atoms with E-state index in [1.807, 2.05) is 36.4 Å². The lowest BCUT2D eigenvalue weighted by Crippen LogP contribution is -1.99. The molecule has 6 rings (SSSR count). The Hall–Kier alpha value is -5.06. The van der Waals surface area contributed by atoms with E-state index in [2.05, 4.69) is 15.9 Å². The van der Waals surface area contributed by atoms with Crippen molar-refractivity contribution in [3.8, 4) is 39.1 Å². The van der Waals surface area contributed by atoms with Gasteiger partial charge in [-0.25, -0.2) is 17.6 Å². The number of hydrogen-bond donors (Lipinski definition) is 3. The second kappa shape index (κ2) is 16.3. The molecule has 0 aliphatic carbocycles. The van der Waals surface area contributed by atoms with E-state index >= 15 is 0 Å². The number of nitrogens with two attached hydrogens (primary N) is 2. The van der Waals surface area contributed by atoms with Crippen LogP contribution in [0.4, 0.5) is 28.9 Å². The Morgan fingerprint density at radius 1 is 0.478 bits per heavy atom. The molecule has 0 heterocycles. The molecule has 0 bridgehead atoms. The van der Waals surface area contributed by atoms with E-state index in [4.69, 9.17) is 21.1 Å². The molecule has 6 aromatic rings. The van der Waals surface area contributed by atoms with Gasteiger partial charge in [0.2, 0.25) is 0 Å². The van der Waals surface area contributed by atoms with Gasteiger partial charge in [-0.05, 0) is 100 Å². The van der Waals surface area contributed by atoms with Gasteiger partial charge >= 0.3 is 7.69 Å². The summed E-state index contributed by atoms with van der Waals surface area (Å²) in [4.78, 5) is 0. The van der Waals surface area contributed by atoms with Gasteiger partial charge in [0.05, 0.1) is 11.4 Å². The van der Waals surface area contributed by atoms with Crippen molar-refractivity contribution in [2.75, 3.05) is 11.5 Å². The van der Waals surface area contributed by atoms with Crippen molar-refractivity contribution in [3.63, 3.8) is 0 Å². The van der Waals surface area contributed by atoms with E-state index in [0.717, 1.165) is 37.9 Å². The van der Waals surface area contributed by atoms with E-state index in [0.29, 0.717) is 13.4 Å². The van der Waals surface area contributed by atoms with Crippen molar-refractivity contribution in [1.82, 2.24) is 0 Å². The quantitative estimate of drug-likeness (QED) is 0.0960. The Balaban J connectivity index is 0.000000170. The maximum absolute atomic E-state index is 13.2. The van der Waals surface area contributed by atoms with Crippen LogP contribution in [0.5, 0.6) is 5.75 Å². The molecule has 6 aromatic carbocycles. The first-order chi connectivity index (χ1) is 22.1. The summed E-state index contributed by atoms with van der Waals surface area (Å²) in [5.74, 6) is -0.746. The Labute approximate surface area is 273 Å². The first-order valence-electron chi connectivity index (χ1n) is 13.7. The molecule has 0 aliphatic rings. The van der Waals surface area contributed by atoms with Crippen molar-refractivity contribution in [2.24, 2.45) is 0 Å². The molecule has 10 heteroatoms. The fourth-order valence-electron chi connectivity index (χ4n) is 4.16. The van der Waals surface area contributed by atoms with Crippen LogP contribution in [-0.2, 0) is 0 Å². The minimum Gasteiger partial charge on any atom is -0.537 e. The maximum Gasteiger partial charge on any atom is 0.569 e. The molecule has 0 saturated carbocycles. The number of rotatable bonds is 5.